The minimum absolute atomic E-state index is 0.517. The Labute approximate surface area is 377 Å². The molecule has 0 spiro atoms. The van der Waals surface area contributed by atoms with Crippen molar-refractivity contribution < 1.29 is 4.42 Å². The van der Waals surface area contributed by atoms with Gasteiger partial charge in [-0.2, -0.15) is 0 Å². The summed E-state index contributed by atoms with van der Waals surface area (Å²) in [4.78, 5) is 2.45. The number of nitrogens with zero attached hydrogens (tertiary/aromatic N) is 1. The summed E-state index contributed by atoms with van der Waals surface area (Å²) in [6.07, 6.45) is 0. The average Bonchev–Trinajstić information content (AvgIpc) is 3.92. The second kappa shape index (κ2) is 14.8. The molecule has 0 radical (unpaired) electrons. The third-order valence-corrected chi connectivity index (χ3v) is 13.7. The number of fused-ring (bicyclic) bond motifs is 9. The fourth-order valence-electron chi connectivity index (χ4n) is 10.8. The average molecular weight is 828 g/mol. The van der Waals surface area contributed by atoms with Gasteiger partial charge in [-0.1, -0.05) is 206 Å². The lowest BCUT2D eigenvalue weighted by atomic mass is 9.68. The quantitative estimate of drug-likeness (QED) is 0.159. The molecule has 1 aliphatic carbocycles. The monoisotopic (exact) mass is 827 g/mol. The van der Waals surface area contributed by atoms with Gasteiger partial charge in [-0.3, -0.25) is 0 Å². The van der Waals surface area contributed by atoms with E-state index in [0.717, 1.165) is 55.5 Å². The van der Waals surface area contributed by atoms with E-state index < -0.39 is 5.41 Å². The first-order chi connectivity index (χ1) is 32.2. The van der Waals surface area contributed by atoms with Crippen LogP contribution in [0.1, 0.15) is 22.3 Å². The number of rotatable bonds is 7. The van der Waals surface area contributed by atoms with E-state index in [4.69, 9.17) is 4.42 Å². The van der Waals surface area contributed by atoms with Gasteiger partial charge < -0.3 is 9.32 Å². The van der Waals surface area contributed by atoms with E-state index in [-0.39, 0.29) is 0 Å². The van der Waals surface area contributed by atoms with Crippen LogP contribution in [0, 0.1) is 0 Å². The van der Waals surface area contributed by atoms with Crippen molar-refractivity contribution in [2.75, 3.05) is 4.90 Å². The first-order valence-electron chi connectivity index (χ1n) is 22.4. The van der Waals surface area contributed by atoms with Gasteiger partial charge in [-0.15, -0.1) is 0 Å². The van der Waals surface area contributed by atoms with E-state index in [1.165, 1.54) is 60.7 Å². The molecule has 1 aliphatic rings. The molecule has 2 nitrogen and oxygen atoms in total. The molecule has 65 heavy (non-hydrogen) atoms. The van der Waals surface area contributed by atoms with Gasteiger partial charge in [0.05, 0.1) is 11.1 Å². The number of benzene rings is 11. The van der Waals surface area contributed by atoms with E-state index in [2.05, 4.69) is 254 Å². The van der Waals surface area contributed by atoms with Crippen LogP contribution in [0.2, 0.25) is 0 Å². The highest BCUT2D eigenvalue weighted by Gasteiger charge is 2.47. The Hall–Kier alpha value is -8.46. The second-order valence-corrected chi connectivity index (χ2v) is 17.2. The summed E-state index contributed by atoms with van der Waals surface area (Å²) in [5, 5.41) is 7.05. The highest BCUT2D eigenvalue weighted by molar-refractivity contribution is 6.17. The van der Waals surface area contributed by atoms with Crippen molar-refractivity contribution in [2.24, 2.45) is 0 Å². The Balaban J connectivity index is 1.00. The van der Waals surface area contributed by atoms with Crippen LogP contribution < -0.4 is 4.90 Å². The molecule has 0 unspecified atom stereocenters. The Morgan fingerprint density at radius 3 is 1.62 bits per heavy atom. The molecule has 304 valence electrons. The Bertz CT molecular complexity index is 3710. The summed E-state index contributed by atoms with van der Waals surface area (Å²) in [5.41, 5.74) is 16.7. The Morgan fingerprint density at radius 2 is 0.862 bits per heavy atom. The lowest BCUT2D eigenvalue weighted by Gasteiger charge is -2.34. The van der Waals surface area contributed by atoms with E-state index in [0.29, 0.717) is 0 Å². The van der Waals surface area contributed by atoms with E-state index in [1.807, 2.05) is 0 Å². The van der Waals surface area contributed by atoms with Crippen LogP contribution in [0.4, 0.5) is 17.1 Å². The normalized spacial score (nSPS) is 12.7. The predicted octanol–water partition coefficient (Wildman–Crippen LogP) is 17.1. The van der Waals surface area contributed by atoms with E-state index in [9.17, 15) is 0 Å². The van der Waals surface area contributed by atoms with E-state index >= 15 is 0 Å². The van der Waals surface area contributed by atoms with Gasteiger partial charge in [0.2, 0.25) is 0 Å². The lowest BCUT2D eigenvalue weighted by molar-refractivity contribution is 0.674. The molecule has 0 N–H and O–H groups in total. The maximum atomic E-state index is 6.80. The fraction of sp³-hybridized carbons (Fsp3) is 0.0159. The van der Waals surface area contributed by atoms with Crippen LogP contribution in [-0.2, 0) is 5.41 Å². The van der Waals surface area contributed by atoms with Gasteiger partial charge in [0.1, 0.15) is 11.2 Å². The third-order valence-electron chi connectivity index (χ3n) is 13.7. The molecule has 11 aromatic carbocycles. The standard InChI is InChI=1S/C63H41NO/c1-3-18-48(19-4-1)63(49-20-5-2-6-21-49)57-26-12-11-23-56(57)60-58(63)27-14-28-59(60)64(50-36-31-43(32-37-50)47-30-29-42-15-7-8-17-46(42)41-47)51-38-33-45(34-39-51)53-24-13-25-54-55-40-35-44-16-9-10-22-52(44)62(55)65-61(53)54/h1-41H. The van der Waals surface area contributed by atoms with Crippen LogP contribution in [0.5, 0.6) is 0 Å². The van der Waals surface area contributed by atoms with Gasteiger partial charge in [0.15, 0.2) is 0 Å². The Kier molecular flexibility index (Phi) is 8.47. The lowest BCUT2D eigenvalue weighted by Crippen LogP contribution is -2.28. The molecule has 1 heterocycles. The molecule has 0 fully saturated rings. The molecule has 2 heteroatoms. The molecule has 0 aliphatic heterocycles. The molecule has 0 saturated carbocycles. The van der Waals surface area contributed by atoms with Crippen molar-refractivity contribution in [2.45, 2.75) is 5.41 Å². The molecule has 0 amide bonds. The third kappa shape index (κ3) is 5.74. The molecular formula is C63H41NO. The smallest absolute Gasteiger partial charge is 0.143 e. The first kappa shape index (κ1) is 37.1. The van der Waals surface area contributed by atoms with Gasteiger partial charge in [-0.05, 0) is 103 Å². The van der Waals surface area contributed by atoms with Crippen LogP contribution in [0.25, 0.3) is 76.9 Å². The van der Waals surface area contributed by atoms with Crippen molar-refractivity contribution in [3.63, 3.8) is 0 Å². The van der Waals surface area contributed by atoms with Crippen LogP contribution in [0.15, 0.2) is 253 Å². The number of hydrogen-bond donors (Lipinski definition) is 0. The molecule has 12 aromatic rings. The molecule has 0 bridgehead atoms. The van der Waals surface area contributed by atoms with Crippen molar-refractivity contribution in [3.05, 3.63) is 271 Å². The maximum Gasteiger partial charge on any atom is 0.143 e. The van der Waals surface area contributed by atoms with Gasteiger partial charge in [0.25, 0.3) is 0 Å². The summed E-state index contributed by atoms with van der Waals surface area (Å²) in [6.45, 7) is 0. The van der Waals surface area contributed by atoms with Crippen molar-refractivity contribution in [1.29, 1.82) is 0 Å². The zero-order chi connectivity index (χ0) is 42.9. The number of furan rings is 1. The van der Waals surface area contributed by atoms with E-state index in [1.54, 1.807) is 0 Å². The minimum atomic E-state index is -0.517. The number of hydrogen-bond acceptors (Lipinski definition) is 2. The summed E-state index contributed by atoms with van der Waals surface area (Å²) in [5.74, 6) is 0. The SMILES string of the molecule is c1ccc(C2(c3ccccc3)c3ccccc3-c3c(N(c4ccc(-c5ccc6ccccc6c5)cc4)c4ccc(-c5cccc6c5oc5c7ccccc7ccc65)cc4)cccc32)cc1. The molecule has 13 rings (SSSR count). The summed E-state index contributed by atoms with van der Waals surface area (Å²) < 4.78 is 6.80. The largest absolute Gasteiger partial charge is 0.455 e. The molecule has 0 saturated heterocycles. The van der Waals surface area contributed by atoms with Crippen LogP contribution >= 0.6 is 0 Å². The topological polar surface area (TPSA) is 16.4 Å². The molecule has 1 aromatic heterocycles. The molecule has 0 atom stereocenters. The Morgan fingerprint density at radius 1 is 0.323 bits per heavy atom. The van der Waals surface area contributed by atoms with Crippen molar-refractivity contribution in [1.82, 2.24) is 0 Å². The van der Waals surface area contributed by atoms with Gasteiger partial charge >= 0.3 is 0 Å². The van der Waals surface area contributed by atoms with Crippen LogP contribution in [-0.4, -0.2) is 0 Å². The minimum Gasteiger partial charge on any atom is -0.455 e. The summed E-state index contributed by atoms with van der Waals surface area (Å²) in [7, 11) is 0. The first-order valence-corrected chi connectivity index (χ1v) is 22.4. The number of anilines is 3. The zero-order valence-corrected chi connectivity index (χ0v) is 35.5. The van der Waals surface area contributed by atoms with Gasteiger partial charge in [-0.25, -0.2) is 0 Å². The zero-order valence-electron chi connectivity index (χ0n) is 35.5. The number of para-hydroxylation sites is 1. The summed E-state index contributed by atoms with van der Waals surface area (Å²) >= 11 is 0. The maximum absolute atomic E-state index is 6.80. The summed E-state index contributed by atoms with van der Waals surface area (Å²) in [6, 6.07) is 90.8. The fourth-order valence-corrected chi connectivity index (χ4v) is 10.8. The van der Waals surface area contributed by atoms with Crippen LogP contribution in [0.3, 0.4) is 0 Å². The highest BCUT2D eigenvalue weighted by Crippen LogP contribution is 2.59. The second-order valence-electron chi connectivity index (χ2n) is 17.2. The highest BCUT2D eigenvalue weighted by atomic mass is 16.3. The predicted molar refractivity (Wildman–Crippen MR) is 272 cm³/mol. The van der Waals surface area contributed by atoms with Crippen molar-refractivity contribution >= 4 is 60.5 Å². The van der Waals surface area contributed by atoms with Crippen molar-refractivity contribution in [3.8, 4) is 33.4 Å². The molecular weight excluding hydrogens is 787 g/mol. The van der Waals surface area contributed by atoms with Gasteiger partial charge in [0, 0.05) is 38.7 Å².